The van der Waals surface area contributed by atoms with Gasteiger partial charge in [0.15, 0.2) is 0 Å². The van der Waals surface area contributed by atoms with Crippen molar-refractivity contribution in [2.45, 2.75) is 6.92 Å². The predicted octanol–water partition coefficient (Wildman–Crippen LogP) is 2.89. The fraction of sp³-hybridized carbons (Fsp3) is 0.0909. The van der Waals surface area contributed by atoms with Crippen LogP contribution in [0.4, 0.5) is 4.39 Å². The van der Waals surface area contributed by atoms with Crippen LogP contribution in [-0.2, 0) is 0 Å². The van der Waals surface area contributed by atoms with Gasteiger partial charge in [-0.1, -0.05) is 18.5 Å². The van der Waals surface area contributed by atoms with E-state index in [-0.39, 0.29) is 11.1 Å². The molecular weight excluding hydrogens is 217 g/mol. The summed E-state index contributed by atoms with van der Waals surface area (Å²) in [5.41, 5.74) is 0.394. The number of pyridine rings is 1. The van der Waals surface area contributed by atoms with Crippen molar-refractivity contribution in [3.8, 4) is 0 Å². The Bertz CT molecular complexity index is 577. The van der Waals surface area contributed by atoms with Gasteiger partial charge in [-0.15, -0.1) is 0 Å². The standard InChI is InChI=1S/C11H8ClFNO/c1-2-6-3-7-4-8(12)5-9(13)10(7)14-11(6)15/h2-5H,1H3,(H,14,15). The highest BCUT2D eigenvalue weighted by atomic mass is 35.5. The molecule has 0 saturated carbocycles. The van der Waals surface area contributed by atoms with Gasteiger partial charge in [0.1, 0.15) is 5.82 Å². The van der Waals surface area contributed by atoms with Gasteiger partial charge in [-0.25, -0.2) is 4.39 Å². The molecule has 4 heteroatoms. The highest BCUT2D eigenvalue weighted by molar-refractivity contribution is 6.31. The van der Waals surface area contributed by atoms with Crippen molar-refractivity contribution >= 4 is 22.5 Å². The lowest BCUT2D eigenvalue weighted by Crippen LogP contribution is -2.11. The summed E-state index contributed by atoms with van der Waals surface area (Å²) in [6.07, 6.45) is 1.66. The van der Waals surface area contributed by atoms with E-state index in [1.54, 1.807) is 25.5 Å². The molecule has 0 aliphatic carbocycles. The molecule has 0 unspecified atom stereocenters. The zero-order chi connectivity index (χ0) is 11.0. The first kappa shape index (κ1) is 10.2. The Hall–Kier alpha value is -1.35. The van der Waals surface area contributed by atoms with Gasteiger partial charge in [0.05, 0.1) is 5.52 Å². The van der Waals surface area contributed by atoms with Gasteiger partial charge in [0, 0.05) is 16.0 Å². The predicted molar refractivity (Wildman–Crippen MR) is 58.6 cm³/mol. The molecule has 1 N–H and O–H groups in total. The summed E-state index contributed by atoms with van der Waals surface area (Å²) < 4.78 is 13.4. The van der Waals surface area contributed by atoms with Crippen molar-refractivity contribution in [1.82, 2.24) is 4.98 Å². The molecule has 0 spiro atoms. The Morgan fingerprint density at radius 3 is 2.80 bits per heavy atom. The highest BCUT2D eigenvalue weighted by Gasteiger charge is 2.06. The number of benzene rings is 1. The number of hydrogen-bond acceptors (Lipinski definition) is 1. The summed E-state index contributed by atoms with van der Waals surface area (Å²) in [5.74, 6) is -0.516. The van der Waals surface area contributed by atoms with Crippen LogP contribution in [0.25, 0.3) is 10.9 Å². The van der Waals surface area contributed by atoms with Gasteiger partial charge < -0.3 is 4.98 Å². The SMILES string of the molecule is C[CH]c1cc2cc(Cl)cc(F)c2[nH]c1=O. The van der Waals surface area contributed by atoms with Crippen LogP contribution < -0.4 is 5.56 Å². The summed E-state index contributed by atoms with van der Waals surface area (Å²) in [7, 11) is 0. The number of aromatic nitrogens is 1. The van der Waals surface area contributed by atoms with Crippen molar-refractivity contribution in [3.63, 3.8) is 0 Å². The fourth-order valence-corrected chi connectivity index (χ4v) is 1.69. The van der Waals surface area contributed by atoms with E-state index >= 15 is 0 Å². The Morgan fingerprint density at radius 1 is 1.40 bits per heavy atom. The second kappa shape index (κ2) is 3.66. The second-order valence-corrected chi connectivity index (χ2v) is 3.63. The summed E-state index contributed by atoms with van der Waals surface area (Å²) >= 11 is 5.72. The van der Waals surface area contributed by atoms with Crippen LogP contribution in [0.15, 0.2) is 23.0 Å². The van der Waals surface area contributed by atoms with Gasteiger partial charge >= 0.3 is 0 Å². The van der Waals surface area contributed by atoms with Crippen molar-refractivity contribution in [2.24, 2.45) is 0 Å². The second-order valence-electron chi connectivity index (χ2n) is 3.19. The zero-order valence-corrected chi connectivity index (χ0v) is 8.73. The molecule has 0 saturated heterocycles. The summed E-state index contributed by atoms with van der Waals surface area (Å²) in [4.78, 5) is 13.9. The molecule has 2 aromatic rings. The minimum atomic E-state index is -0.516. The molecule has 0 amide bonds. The number of nitrogens with one attached hydrogen (secondary N) is 1. The monoisotopic (exact) mass is 224 g/mol. The third kappa shape index (κ3) is 1.75. The highest BCUT2D eigenvalue weighted by Crippen LogP contribution is 2.21. The van der Waals surface area contributed by atoms with Crippen molar-refractivity contribution in [3.05, 3.63) is 51.4 Å². The maximum absolute atomic E-state index is 13.4. The molecule has 2 nitrogen and oxygen atoms in total. The smallest absolute Gasteiger partial charge is 0.251 e. The molecule has 0 bridgehead atoms. The Kier molecular flexibility index (Phi) is 2.49. The minimum Gasteiger partial charge on any atom is -0.319 e. The normalized spacial score (nSPS) is 10.9. The Balaban J connectivity index is 2.87. The van der Waals surface area contributed by atoms with Gasteiger partial charge in [0.2, 0.25) is 0 Å². The van der Waals surface area contributed by atoms with E-state index in [4.69, 9.17) is 11.6 Å². The third-order valence-electron chi connectivity index (χ3n) is 2.21. The average molecular weight is 225 g/mol. The Morgan fingerprint density at radius 2 is 2.13 bits per heavy atom. The first-order valence-corrected chi connectivity index (χ1v) is 4.81. The van der Waals surface area contributed by atoms with Crippen LogP contribution in [0.5, 0.6) is 0 Å². The van der Waals surface area contributed by atoms with Crippen LogP contribution in [0.1, 0.15) is 12.5 Å². The first-order chi connectivity index (χ1) is 7.11. The molecule has 77 valence electrons. The number of halogens is 2. The van der Waals surface area contributed by atoms with Crippen LogP contribution in [0.3, 0.4) is 0 Å². The van der Waals surface area contributed by atoms with Gasteiger partial charge in [-0.2, -0.15) is 0 Å². The maximum Gasteiger partial charge on any atom is 0.251 e. The lowest BCUT2D eigenvalue weighted by Gasteiger charge is -2.02. The molecule has 0 aliphatic rings. The van der Waals surface area contributed by atoms with E-state index in [0.717, 1.165) is 0 Å². The van der Waals surface area contributed by atoms with Crippen LogP contribution >= 0.6 is 11.6 Å². The quantitative estimate of drug-likeness (QED) is 0.794. The molecule has 1 aromatic carbocycles. The Labute approximate surface area is 90.7 Å². The molecule has 1 heterocycles. The molecular formula is C11H8ClFNO. The summed E-state index contributed by atoms with van der Waals surface area (Å²) in [6, 6.07) is 4.40. The van der Waals surface area contributed by atoms with Gasteiger partial charge in [-0.05, 0) is 24.6 Å². The van der Waals surface area contributed by atoms with Crippen LogP contribution in [0.2, 0.25) is 5.02 Å². The molecule has 2 rings (SSSR count). The largest absolute Gasteiger partial charge is 0.319 e. The fourth-order valence-electron chi connectivity index (χ4n) is 1.47. The van der Waals surface area contributed by atoms with E-state index < -0.39 is 5.82 Å². The molecule has 1 aromatic heterocycles. The van der Waals surface area contributed by atoms with Gasteiger partial charge in [0.25, 0.3) is 5.56 Å². The van der Waals surface area contributed by atoms with Crippen molar-refractivity contribution < 1.29 is 4.39 Å². The number of aromatic amines is 1. The lowest BCUT2D eigenvalue weighted by molar-refractivity contribution is 0.636. The number of fused-ring (bicyclic) bond motifs is 1. The molecule has 0 atom stereocenters. The molecule has 1 radical (unpaired) electrons. The van der Waals surface area contributed by atoms with Crippen LogP contribution in [0, 0.1) is 12.2 Å². The minimum absolute atomic E-state index is 0.190. The lowest BCUT2D eigenvalue weighted by atomic mass is 10.1. The molecule has 0 fully saturated rings. The number of hydrogen-bond donors (Lipinski definition) is 1. The maximum atomic E-state index is 13.4. The zero-order valence-electron chi connectivity index (χ0n) is 7.97. The topological polar surface area (TPSA) is 32.9 Å². The van der Waals surface area contributed by atoms with Crippen LogP contribution in [-0.4, -0.2) is 4.98 Å². The molecule has 15 heavy (non-hydrogen) atoms. The van der Waals surface area contributed by atoms with Crippen molar-refractivity contribution in [2.75, 3.05) is 0 Å². The third-order valence-corrected chi connectivity index (χ3v) is 2.43. The first-order valence-electron chi connectivity index (χ1n) is 4.43. The summed E-state index contributed by atoms with van der Waals surface area (Å²) in [6.45, 7) is 1.75. The van der Waals surface area contributed by atoms with E-state index in [1.807, 2.05) is 0 Å². The van der Waals surface area contributed by atoms with E-state index in [9.17, 15) is 9.18 Å². The number of H-pyrrole nitrogens is 1. The van der Waals surface area contributed by atoms with Gasteiger partial charge in [-0.3, -0.25) is 4.79 Å². The summed E-state index contributed by atoms with van der Waals surface area (Å²) in [5, 5.41) is 0.904. The van der Waals surface area contributed by atoms with E-state index in [2.05, 4.69) is 4.98 Å². The number of rotatable bonds is 1. The van der Waals surface area contributed by atoms with E-state index in [0.29, 0.717) is 16.0 Å². The molecule has 0 aliphatic heterocycles. The van der Waals surface area contributed by atoms with E-state index in [1.165, 1.54) is 6.07 Å². The van der Waals surface area contributed by atoms with Crippen molar-refractivity contribution in [1.29, 1.82) is 0 Å². The average Bonchev–Trinajstić information content (AvgIpc) is 2.18.